The molecule has 20 heavy (non-hydrogen) atoms. The van der Waals surface area contributed by atoms with Gasteiger partial charge in [-0.3, -0.25) is 14.9 Å². The Morgan fingerprint density at radius 3 is 2.30 bits per heavy atom. The normalized spacial score (nSPS) is 10.3. The zero-order valence-corrected chi connectivity index (χ0v) is 12.1. The molecule has 4 nitrogen and oxygen atoms in total. The van der Waals surface area contributed by atoms with Crippen LogP contribution in [0, 0.1) is 10.1 Å². The second-order valence-corrected chi connectivity index (χ2v) is 5.63. The van der Waals surface area contributed by atoms with E-state index >= 15 is 0 Å². The van der Waals surface area contributed by atoms with Crippen LogP contribution >= 0.6 is 23.4 Å². The van der Waals surface area contributed by atoms with Gasteiger partial charge >= 0.3 is 0 Å². The number of hydrogen-bond acceptors (Lipinski definition) is 4. The van der Waals surface area contributed by atoms with E-state index in [1.54, 1.807) is 18.2 Å². The molecule has 0 saturated carbocycles. The van der Waals surface area contributed by atoms with Crippen LogP contribution < -0.4 is 0 Å². The number of halogens is 1. The summed E-state index contributed by atoms with van der Waals surface area (Å²) in [6.45, 7) is 1.31. The zero-order valence-electron chi connectivity index (χ0n) is 10.5. The average Bonchev–Trinajstić information content (AvgIpc) is 2.41. The molecule has 0 aromatic heterocycles. The van der Waals surface area contributed by atoms with Gasteiger partial charge in [-0.1, -0.05) is 23.4 Å². The summed E-state index contributed by atoms with van der Waals surface area (Å²) in [6, 6.07) is 11.8. The maximum atomic E-state index is 11.4. The zero-order chi connectivity index (χ0) is 14.7. The highest BCUT2D eigenvalue weighted by atomic mass is 35.5. The van der Waals surface area contributed by atoms with Crippen LogP contribution in [0.1, 0.15) is 17.3 Å². The molecule has 2 rings (SSSR count). The summed E-state index contributed by atoms with van der Waals surface area (Å²) in [5.41, 5.74) is -0.0491. The van der Waals surface area contributed by atoms with Crippen molar-refractivity contribution in [2.24, 2.45) is 0 Å². The SMILES string of the molecule is CC(=O)c1ccc(Sc2ccc(Cl)cc2)cc1[N+](=O)[O-]. The number of Topliss-reactive ketones (excluding diaryl/α,β-unsaturated/α-hetero) is 1. The van der Waals surface area contributed by atoms with Crippen molar-refractivity contribution in [2.75, 3.05) is 0 Å². The molecule has 0 amide bonds. The van der Waals surface area contributed by atoms with Crippen LogP contribution in [0.5, 0.6) is 0 Å². The molecule has 0 saturated heterocycles. The minimum Gasteiger partial charge on any atom is -0.294 e. The summed E-state index contributed by atoms with van der Waals surface area (Å²) < 4.78 is 0. The van der Waals surface area contributed by atoms with Crippen LogP contribution in [-0.2, 0) is 0 Å². The predicted molar refractivity (Wildman–Crippen MR) is 78.7 cm³/mol. The summed E-state index contributed by atoms with van der Waals surface area (Å²) in [6.07, 6.45) is 0. The van der Waals surface area contributed by atoms with Crippen LogP contribution in [-0.4, -0.2) is 10.7 Å². The molecule has 0 radical (unpaired) electrons. The highest BCUT2D eigenvalue weighted by Gasteiger charge is 2.18. The Balaban J connectivity index is 2.34. The summed E-state index contributed by atoms with van der Waals surface area (Å²) in [7, 11) is 0. The summed E-state index contributed by atoms with van der Waals surface area (Å²) >= 11 is 7.17. The third-order valence-corrected chi connectivity index (χ3v) is 3.84. The fourth-order valence-electron chi connectivity index (χ4n) is 1.66. The second kappa shape index (κ2) is 6.07. The van der Waals surface area contributed by atoms with Gasteiger partial charge in [0.25, 0.3) is 5.69 Å². The number of nitro groups is 1. The van der Waals surface area contributed by atoms with Crippen LogP contribution in [0.2, 0.25) is 5.02 Å². The Morgan fingerprint density at radius 2 is 1.75 bits per heavy atom. The van der Waals surface area contributed by atoms with Crippen molar-refractivity contribution in [3.63, 3.8) is 0 Å². The van der Waals surface area contributed by atoms with Crippen molar-refractivity contribution in [1.29, 1.82) is 0 Å². The van der Waals surface area contributed by atoms with E-state index in [1.807, 2.05) is 12.1 Å². The maximum absolute atomic E-state index is 11.4. The molecular formula is C14H10ClNO3S. The molecule has 0 aliphatic heterocycles. The highest BCUT2D eigenvalue weighted by Crippen LogP contribution is 2.32. The van der Waals surface area contributed by atoms with Gasteiger partial charge in [-0.25, -0.2) is 0 Å². The number of rotatable bonds is 4. The second-order valence-electron chi connectivity index (χ2n) is 4.05. The maximum Gasteiger partial charge on any atom is 0.281 e. The quantitative estimate of drug-likeness (QED) is 0.470. The van der Waals surface area contributed by atoms with Gasteiger partial charge in [0, 0.05) is 20.9 Å². The van der Waals surface area contributed by atoms with E-state index in [0.29, 0.717) is 9.92 Å². The molecule has 102 valence electrons. The molecule has 0 spiro atoms. The molecular weight excluding hydrogens is 298 g/mol. The molecule has 2 aromatic rings. The van der Waals surface area contributed by atoms with Crippen LogP contribution in [0.4, 0.5) is 5.69 Å². The van der Waals surface area contributed by atoms with Gasteiger partial charge in [-0.2, -0.15) is 0 Å². The Labute approximate surface area is 124 Å². The third kappa shape index (κ3) is 3.37. The van der Waals surface area contributed by atoms with E-state index in [-0.39, 0.29) is 17.0 Å². The Kier molecular flexibility index (Phi) is 4.42. The monoisotopic (exact) mass is 307 g/mol. The molecule has 0 heterocycles. The van der Waals surface area contributed by atoms with E-state index in [1.165, 1.54) is 30.8 Å². The van der Waals surface area contributed by atoms with E-state index < -0.39 is 4.92 Å². The van der Waals surface area contributed by atoms with Crippen molar-refractivity contribution < 1.29 is 9.72 Å². The highest BCUT2D eigenvalue weighted by molar-refractivity contribution is 7.99. The molecule has 2 aromatic carbocycles. The summed E-state index contributed by atoms with van der Waals surface area (Å²) in [5.74, 6) is -0.320. The third-order valence-electron chi connectivity index (χ3n) is 2.59. The van der Waals surface area contributed by atoms with Gasteiger partial charge in [-0.05, 0) is 43.3 Å². The number of carbonyl (C=O) groups excluding carboxylic acids is 1. The number of benzene rings is 2. The Bertz CT molecular complexity index is 671. The molecule has 0 N–H and O–H groups in total. The molecule has 6 heteroatoms. The first-order valence-electron chi connectivity index (χ1n) is 5.70. The van der Waals surface area contributed by atoms with Gasteiger partial charge in [0.2, 0.25) is 0 Å². The fourth-order valence-corrected chi connectivity index (χ4v) is 2.64. The van der Waals surface area contributed by atoms with Gasteiger partial charge in [0.15, 0.2) is 5.78 Å². The molecule has 0 fully saturated rings. The first kappa shape index (κ1) is 14.6. The smallest absolute Gasteiger partial charge is 0.281 e. The first-order chi connectivity index (χ1) is 9.47. The molecule has 0 bridgehead atoms. The Hall–Kier alpha value is -1.85. The minimum atomic E-state index is -0.539. The number of nitrogens with zero attached hydrogens (tertiary/aromatic N) is 1. The van der Waals surface area contributed by atoms with Crippen molar-refractivity contribution in [3.05, 3.63) is 63.2 Å². The lowest BCUT2D eigenvalue weighted by Crippen LogP contribution is -2.00. The Morgan fingerprint density at radius 1 is 1.15 bits per heavy atom. The van der Waals surface area contributed by atoms with E-state index in [2.05, 4.69) is 0 Å². The largest absolute Gasteiger partial charge is 0.294 e. The lowest BCUT2D eigenvalue weighted by molar-refractivity contribution is -0.385. The van der Waals surface area contributed by atoms with Crippen molar-refractivity contribution in [2.45, 2.75) is 16.7 Å². The van der Waals surface area contributed by atoms with E-state index in [9.17, 15) is 14.9 Å². The minimum absolute atomic E-state index is 0.121. The van der Waals surface area contributed by atoms with Gasteiger partial charge < -0.3 is 0 Å². The standard InChI is InChI=1S/C14H10ClNO3S/c1-9(17)13-7-6-12(8-14(13)16(18)19)20-11-4-2-10(15)3-5-11/h2-8H,1H3. The van der Waals surface area contributed by atoms with Crippen LogP contribution in [0.15, 0.2) is 52.3 Å². The number of nitro benzene ring substituents is 1. The number of hydrogen-bond donors (Lipinski definition) is 0. The van der Waals surface area contributed by atoms with Crippen LogP contribution in [0.25, 0.3) is 0 Å². The van der Waals surface area contributed by atoms with E-state index in [0.717, 1.165) is 4.90 Å². The lowest BCUT2D eigenvalue weighted by atomic mass is 10.1. The van der Waals surface area contributed by atoms with E-state index in [4.69, 9.17) is 11.6 Å². The predicted octanol–water partition coefficient (Wildman–Crippen LogP) is 4.60. The number of carbonyl (C=O) groups is 1. The van der Waals surface area contributed by atoms with Crippen molar-refractivity contribution in [3.8, 4) is 0 Å². The van der Waals surface area contributed by atoms with Crippen molar-refractivity contribution in [1.82, 2.24) is 0 Å². The van der Waals surface area contributed by atoms with Crippen molar-refractivity contribution >= 4 is 34.8 Å². The summed E-state index contributed by atoms with van der Waals surface area (Å²) in [5, 5.41) is 11.6. The lowest BCUT2D eigenvalue weighted by Gasteiger charge is -2.04. The molecule has 0 aliphatic rings. The molecule has 0 unspecified atom stereocenters. The van der Waals surface area contributed by atoms with Crippen LogP contribution in [0.3, 0.4) is 0 Å². The fraction of sp³-hybridized carbons (Fsp3) is 0.0714. The molecule has 0 atom stereocenters. The molecule has 0 aliphatic carbocycles. The first-order valence-corrected chi connectivity index (χ1v) is 6.89. The van der Waals surface area contributed by atoms with Gasteiger partial charge in [0.1, 0.15) is 0 Å². The topological polar surface area (TPSA) is 60.2 Å². The average molecular weight is 308 g/mol. The van der Waals surface area contributed by atoms with Gasteiger partial charge in [0.05, 0.1) is 10.5 Å². The van der Waals surface area contributed by atoms with Gasteiger partial charge in [-0.15, -0.1) is 0 Å². The summed E-state index contributed by atoms with van der Waals surface area (Å²) in [4.78, 5) is 23.4. The number of ketones is 1.